The van der Waals surface area contributed by atoms with Gasteiger partial charge < -0.3 is 4.40 Å². The number of nitrogens with zero attached hydrogens (tertiary/aromatic N) is 2. The van der Waals surface area contributed by atoms with Crippen LogP contribution in [0.25, 0.3) is 49.0 Å². The Bertz CT molecular complexity index is 1690. The topological polar surface area (TPSA) is 8.29 Å². The predicted molar refractivity (Wildman–Crippen MR) is 133 cm³/mol. The molecule has 0 saturated carbocycles. The fourth-order valence-electron chi connectivity index (χ4n) is 5.60. The zero-order valence-electron chi connectivity index (χ0n) is 19.5. The first-order valence-electron chi connectivity index (χ1n) is 11.2. The van der Waals surface area contributed by atoms with Crippen molar-refractivity contribution in [2.75, 3.05) is 0 Å². The largest absolute Gasteiger partial charge is 0.307 e. The van der Waals surface area contributed by atoms with Crippen molar-refractivity contribution >= 4 is 49.0 Å². The van der Waals surface area contributed by atoms with Crippen molar-refractivity contribution in [2.24, 2.45) is 7.05 Å². The summed E-state index contributed by atoms with van der Waals surface area (Å²) in [4.78, 5) is 0. The van der Waals surface area contributed by atoms with Crippen molar-refractivity contribution in [1.29, 1.82) is 0 Å². The number of aryl methyl sites for hydroxylation is 4. The molecule has 0 aliphatic carbocycles. The second kappa shape index (κ2) is 5.76. The first kappa shape index (κ1) is 18.6. The Labute approximate surface area is 183 Å². The molecular weight excluding hydrogens is 376 g/mol. The first-order chi connectivity index (χ1) is 14.7. The summed E-state index contributed by atoms with van der Waals surface area (Å²) in [5.41, 5.74) is 10.9. The number of hydrogen-bond acceptors (Lipinski definition) is 0. The molecule has 0 fully saturated rings. The lowest BCUT2D eigenvalue weighted by molar-refractivity contribution is -0.643. The highest BCUT2D eigenvalue weighted by Crippen LogP contribution is 2.42. The molecule has 0 bridgehead atoms. The third kappa shape index (κ3) is 2.25. The molecule has 0 atom stereocenters. The summed E-state index contributed by atoms with van der Waals surface area (Å²) in [5, 5.41) is 6.75. The summed E-state index contributed by atoms with van der Waals surface area (Å²) in [6, 6.07) is 16.3. The molecule has 6 rings (SSSR count). The van der Waals surface area contributed by atoms with Crippen molar-refractivity contribution in [3.8, 4) is 0 Å². The lowest BCUT2D eigenvalue weighted by Crippen LogP contribution is -2.29. The van der Waals surface area contributed by atoms with Crippen molar-refractivity contribution in [1.82, 2.24) is 4.40 Å². The van der Waals surface area contributed by atoms with Crippen LogP contribution in [-0.2, 0) is 12.5 Å². The highest BCUT2D eigenvalue weighted by atomic mass is 15.0. The summed E-state index contributed by atoms with van der Waals surface area (Å²) in [7, 11) is 2.19. The van der Waals surface area contributed by atoms with Gasteiger partial charge in [-0.15, -0.1) is 0 Å². The normalized spacial score (nSPS) is 13.0. The fraction of sp³-hybridized carbons (Fsp3) is 0.276. The maximum Gasteiger partial charge on any atom is 0.224 e. The van der Waals surface area contributed by atoms with Gasteiger partial charge in [0.25, 0.3) is 0 Å². The van der Waals surface area contributed by atoms with Crippen LogP contribution in [0.1, 0.15) is 43.0 Å². The number of fused-ring (bicyclic) bond motifs is 6. The maximum absolute atomic E-state index is 2.56. The molecule has 3 aromatic carbocycles. The third-order valence-corrected chi connectivity index (χ3v) is 7.37. The van der Waals surface area contributed by atoms with Gasteiger partial charge in [0.1, 0.15) is 7.05 Å². The highest BCUT2D eigenvalue weighted by molar-refractivity contribution is 6.27. The van der Waals surface area contributed by atoms with Crippen LogP contribution in [0.2, 0.25) is 0 Å². The number of pyridine rings is 2. The van der Waals surface area contributed by atoms with Gasteiger partial charge in [0.05, 0.1) is 27.3 Å². The Kier molecular flexibility index (Phi) is 3.46. The molecule has 0 radical (unpaired) electrons. The van der Waals surface area contributed by atoms with Gasteiger partial charge >= 0.3 is 0 Å². The van der Waals surface area contributed by atoms with Crippen molar-refractivity contribution in [3.05, 3.63) is 70.9 Å². The minimum absolute atomic E-state index is 0.111. The molecule has 0 aliphatic rings. The van der Waals surface area contributed by atoms with Gasteiger partial charge in [-0.3, -0.25) is 0 Å². The average Bonchev–Trinajstić information content (AvgIpc) is 3.05. The molecule has 0 saturated heterocycles. The van der Waals surface area contributed by atoms with Crippen LogP contribution in [0, 0.1) is 20.8 Å². The summed E-state index contributed by atoms with van der Waals surface area (Å²) in [6.45, 7) is 13.7. The lowest BCUT2D eigenvalue weighted by Gasteiger charge is -2.19. The predicted octanol–water partition coefficient (Wildman–Crippen LogP) is 7.04. The van der Waals surface area contributed by atoms with Crippen LogP contribution >= 0.6 is 0 Å². The van der Waals surface area contributed by atoms with Gasteiger partial charge in [0.2, 0.25) is 5.52 Å². The minimum atomic E-state index is 0.111. The Morgan fingerprint density at radius 1 is 0.774 bits per heavy atom. The van der Waals surface area contributed by atoms with E-state index in [1.54, 1.807) is 0 Å². The van der Waals surface area contributed by atoms with Crippen LogP contribution in [0.4, 0.5) is 0 Å². The molecule has 0 unspecified atom stereocenters. The van der Waals surface area contributed by atoms with Gasteiger partial charge in [-0.1, -0.05) is 51.1 Å². The van der Waals surface area contributed by atoms with Crippen molar-refractivity contribution in [2.45, 2.75) is 47.0 Å². The molecule has 2 nitrogen and oxygen atoms in total. The van der Waals surface area contributed by atoms with Gasteiger partial charge in [-0.25, -0.2) is 4.57 Å². The van der Waals surface area contributed by atoms with Gasteiger partial charge in [0.15, 0.2) is 6.20 Å². The van der Waals surface area contributed by atoms with E-state index in [1.165, 1.54) is 71.3 Å². The Morgan fingerprint density at radius 3 is 2.26 bits per heavy atom. The fourth-order valence-corrected chi connectivity index (χ4v) is 5.60. The summed E-state index contributed by atoms with van der Waals surface area (Å²) >= 11 is 0. The zero-order valence-corrected chi connectivity index (χ0v) is 19.5. The van der Waals surface area contributed by atoms with Crippen LogP contribution < -0.4 is 4.57 Å². The Morgan fingerprint density at radius 2 is 1.52 bits per heavy atom. The molecule has 3 aromatic heterocycles. The van der Waals surface area contributed by atoms with Gasteiger partial charge in [-0.2, -0.15) is 0 Å². The van der Waals surface area contributed by atoms with E-state index >= 15 is 0 Å². The van der Waals surface area contributed by atoms with E-state index in [9.17, 15) is 0 Å². The van der Waals surface area contributed by atoms with E-state index in [1.807, 2.05) is 0 Å². The number of benzene rings is 3. The second-order valence-electron chi connectivity index (χ2n) is 10.4. The average molecular weight is 406 g/mol. The maximum atomic E-state index is 2.56. The van der Waals surface area contributed by atoms with E-state index in [4.69, 9.17) is 0 Å². The van der Waals surface area contributed by atoms with Crippen LogP contribution in [0.15, 0.2) is 48.7 Å². The van der Waals surface area contributed by atoms with Crippen LogP contribution in [-0.4, -0.2) is 4.40 Å². The first-order valence-corrected chi connectivity index (χ1v) is 11.2. The van der Waals surface area contributed by atoms with E-state index < -0.39 is 0 Å². The molecule has 0 N–H and O–H groups in total. The molecule has 2 heteroatoms. The molecular formula is C29H29N2+. The van der Waals surface area contributed by atoms with E-state index in [2.05, 4.69) is 106 Å². The third-order valence-electron chi connectivity index (χ3n) is 7.37. The monoisotopic (exact) mass is 405 g/mol. The van der Waals surface area contributed by atoms with E-state index in [0.29, 0.717) is 0 Å². The summed E-state index contributed by atoms with van der Waals surface area (Å²) in [6.07, 6.45) is 2.21. The highest BCUT2D eigenvalue weighted by Gasteiger charge is 2.26. The lowest BCUT2D eigenvalue weighted by atomic mass is 9.86. The SMILES string of the molecule is Cc1cc(C)c2c(c1C)c1c3c(ccc4c5ccc(C(C)(C)C)cc5n2c43)cc[n+]1C. The molecule has 6 aromatic rings. The number of aromatic nitrogens is 2. The molecule has 31 heavy (non-hydrogen) atoms. The standard InChI is InChI=1S/C29H29N2/c1-16-14-17(2)26-24(18(16)3)28-25-19(12-13-30(28)7)8-10-22-21-11-9-20(29(4,5)6)15-23(21)31(26)27(22)25/h8-15H,1-7H3/q+1. The molecule has 154 valence electrons. The molecule has 0 aliphatic heterocycles. The van der Waals surface area contributed by atoms with Crippen molar-refractivity contribution in [3.63, 3.8) is 0 Å². The Hall–Kier alpha value is -3.13. The van der Waals surface area contributed by atoms with E-state index in [0.717, 1.165) is 0 Å². The molecule has 0 amide bonds. The zero-order chi connectivity index (χ0) is 21.8. The second-order valence-corrected chi connectivity index (χ2v) is 10.4. The number of rotatable bonds is 0. The molecule has 0 spiro atoms. The van der Waals surface area contributed by atoms with Crippen LogP contribution in [0.3, 0.4) is 0 Å². The van der Waals surface area contributed by atoms with Gasteiger partial charge in [-0.05, 0) is 59.9 Å². The quantitative estimate of drug-likeness (QED) is 0.146. The van der Waals surface area contributed by atoms with Crippen molar-refractivity contribution < 1.29 is 4.57 Å². The van der Waals surface area contributed by atoms with E-state index in [-0.39, 0.29) is 5.41 Å². The minimum Gasteiger partial charge on any atom is -0.307 e. The molecule has 3 heterocycles. The summed E-state index contributed by atoms with van der Waals surface area (Å²) in [5.74, 6) is 0. The number of hydrogen-bond donors (Lipinski definition) is 0. The Balaban J connectivity index is 2.06. The van der Waals surface area contributed by atoms with Crippen LogP contribution in [0.5, 0.6) is 0 Å². The van der Waals surface area contributed by atoms with Gasteiger partial charge in [0, 0.05) is 16.8 Å². The summed E-state index contributed by atoms with van der Waals surface area (Å²) < 4.78 is 4.88. The smallest absolute Gasteiger partial charge is 0.224 e.